The molecule has 3 rings (SSSR count). The molecule has 0 fully saturated rings. The van der Waals surface area contributed by atoms with Gasteiger partial charge in [0.2, 0.25) is 12.2 Å². The Kier molecular flexibility index (Phi) is 6.95. The quantitative estimate of drug-likeness (QED) is 0.389. The van der Waals surface area contributed by atoms with Gasteiger partial charge in [-0.05, 0) is 24.3 Å². The Morgan fingerprint density at radius 2 is 1.81 bits per heavy atom. The number of ether oxygens (including phenoxy) is 3. The summed E-state index contributed by atoms with van der Waals surface area (Å²) >= 11 is 7.31. The highest BCUT2D eigenvalue weighted by Gasteiger charge is 2.25. The van der Waals surface area contributed by atoms with E-state index in [1.165, 1.54) is 6.92 Å². The van der Waals surface area contributed by atoms with Crippen LogP contribution in [0.5, 0.6) is 5.75 Å². The average molecular weight is 484 g/mol. The Labute approximate surface area is 189 Å². The molecule has 32 heavy (non-hydrogen) atoms. The van der Waals surface area contributed by atoms with Gasteiger partial charge in [0.25, 0.3) is 0 Å². The maximum absolute atomic E-state index is 14.3. The predicted molar refractivity (Wildman–Crippen MR) is 113 cm³/mol. The van der Waals surface area contributed by atoms with Crippen molar-refractivity contribution in [2.75, 3.05) is 0 Å². The minimum absolute atomic E-state index is 0.0571. The van der Waals surface area contributed by atoms with Gasteiger partial charge in [0.15, 0.2) is 17.4 Å². The highest BCUT2D eigenvalue weighted by Crippen LogP contribution is 2.38. The second-order valence-corrected chi connectivity index (χ2v) is 7.99. The van der Waals surface area contributed by atoms with E-state index >= 15 is 0 Å². The van der Waals surface area contributed by atoms with Crippen LogP contribution in [0.15, 0.2) is 30.3 Å². The van der Waals surface area contributed by atoms with Crippen LogP contribution in [0, 0.1) is 11.6 Å². The van der Waals surface area contributed by atoms with Gasteiger partial charge in [-0.1, -0.05) is 17.7 Å². The molecule has 2 aromatic carbocycles. The van der Waals surface area contributed by atoms with Crippen molar-refractivity contribution in [3.63, 3.8) is 0 Å². The van der Waals surface area contributed by atoms with Gasteiger partial charge in [-0.2, -0.15) is 0 Å². The fourth-order valence-corrected chi connectivity index (χ4v) is 4.38. The van der Waals surface area contributed by atoms with Crippen LogP contribution in [0.1, 0.15) is 39.4 Å². The van der Waals surface area contributed by atoms with Crippen molar-refractivity contribution in [2.24, 2.45) is 5.73 Å². The van der Waals surface area contributed by atoms with Gasteiger partial charge in [-0.3, -0.25) is 9.59 Å². The third-order valence-electron chi connectivity index (χ3n) is 4.20. The number of carbonyl (C=O) groups is 3. The van der Waals surface area contributed by atoms with Gasteiger partial charge in [-0.25, -0.2) is 13.6 Å². The monoisotopic (exact) mass is 483 g/mol. The molecule has 2 N–H and O–H groups in total. The molecule has 0 saturated carbocycles. The number of hydrogen-bond acceptors (Lipinski definition) is 7. The SMILES string of the molecule is CC(=O)OC(C)OC(=O)c1sc2cccc(Cl)c2c1COc1c(F)cc(C(N)=O)cc1F. The third kappa shape index (κ3) is 4.97. The zero-order chi connectivity index (χ0) is 23.6. The number of amides is 1. The lowest BCUT2D eigenvalue weighted by Crippen LogP contribution is -2.20. The highest BCUT2D eigenvalue weighted by atomic mass is 35.5. The zero-order valence-electron chi connectivity index (χ0n) is 16.7. The number of benzene rings is 2. The zero-order valence-corrected chi connectivity index (χ0v) is 18.3. The lowest BCUT2D eigenvalue weighted by molar-refractivity contribution is -0.162. The number of thiophene rings is 1. The summed E-state index contributed by atoms with van der Waals surface area (Å²) in [6.07, 6.45) is -1.16. The first-order valence-electron chi connectivity index (χ1n) is 9.08. The lowest BCUT2D eigenvalue weighted by atomic mass is 10.1. The number of esters is 2. The molecule has 1 unspecified atom stereocenters. The number of hydrogen-bond donors (Lipinski definition) is 1. The van der Waals surface area contributed by atoms with Gasteiger partial charge in [0.1, 0.15) is 11.5 Å². The second-order valence-electron chi connectivity index (χ2n) is 6.53. The second kappa shape index (κ2) is 9.49. The van der Waals surface area contributed by atoms with Crippen molar-refractivity contribution in [1.29, 1.82) is 0 Å². The molecule has 1 heterocycles. The standard InChI is InChI=1S/C21H16ClF2NO6S/c1-9(26)30-10(2)31-21(28)19-12(17-13(22)4-3-5-16(17)32-19)8-29-18-14(23)6-11(20(25)27)7-15(18)24/h3-7,10H,8H2,1-2H3,(H2,25,27). The molecule has 7 nitrogen and oxygen atoms in total. The molecule has 0 radical (unpaired) electrons. The van der Waals surface area contributed by atoms with Crippen molar-refractivity contribution in [1.82, 2.24) is 0 Å². The highest BCUT2D eigenvalue weighted by molar-refractivity contribution is 7.21. The van der Waals surface area contributed by atoms with Gasteiger partial charge in [0, 0.05) is 40.1 Å². The first kappa shape index (κ1) is 23.4. The van der Waals surface area contributed by atoms with Crippen LogP contribution in [-0.4, -0.2) is 24.1 Å². The number of primary amides is 1. The molecule has 3 aromatic rings. The molecule has 0 spiro atoms. The Morgan fingerprint density at radius 1 is 1.16 bits per heavy atom. The van der Waals surface area contributed by atoms with Crippen LogP contribution in [0.25, 0.3) is 10.1 Å². The van der Waals surface area contributed by atoms with Crippen LogP contribution in [0.2, 0.25) is 5.02 Å². The van der Waals surface area contributed by atoms with Gasteiger partial charge in [-0.15, -0.1) is 11.3 Å². The molecular formula is C21H16ClF2NO6S. The lowest BCUT2D eigenvalue weighted by Gasteiger charge is -2.14. The summed E-state index contributed by atoms with van der Waals surface area (Å²) in [6, 6.07) is 6.44. The average Bonchev–Trinajstić information content (AvgIpc) is 3.06. The molecule has 0 aliphatic heterocycles. The van der Waals surface area contributed by atoms with E-state index in [1.54, 1.807) is 18.2 Å². The van der Waals surface area contributed by atoms with Crippen molar-refractivity contribution >= 4 is 50.9 Å². The van der Waals surface area contributed by atoms with E-state index in [4.69, 9.17) is 31.5 Å². The van der Waals surface area contributed by atoms with Gasteiger partial charge >= 0.3 is 11.9 Å². The van der Waals surface area contributed by atoms with Crippen molar-refractivity contribution < 1.29 is 37.4 Å². The summed E-state index contributed by atoms with van der Waals surface area (Å²) in [5, 5.41) is 0.732. The Balaban J connectivity index is 1.97. The van der Waals surface area contributed by atoms with E-state index in [-0.39, 0.29) is 21.0 Å². The van der Waals surface area contributed by atoms with Crippen LogP contribution in [-0.2, 0) is 20.9 Å². The molecule has 11 heteroatoms. The van der Waals surface area contributed by atoms with E-state index in [2.05, 4.69) is 0 Å². The molecule has 168 valence electrons. The Hall–Kier alpha value is -3.24. The van der Waals surface area contributed by atoms with E-state index < -0.39 is 48.1 Å². The molecule has 0 bridgehead atoms. The molecular weight excluding hydrogens is 468 g/mol. The summed E-state index contributed by atoms with van der Waals surface area (Å²) in [5.74, 6) is -5.52. The summed E-state index contributed by atoms with van der Waals surface area (Å²) in [6.45, 7) is 2.08. The fraction of sp³-hybridized carbons (Fsp3) is 0.190. The summed E-state index contributed by atoms with van der Waals surface area (Å²) in [5.41, 5.74) is 4.91. The van der Waals surface area contributed by atoms with Crippen molar-refractivity contribution in [2.45, 2.75) is 26.7 Å². The number of rotatable bonds is 7. The first-order chi connectivity index (χ1) is 15.1. The molecule has 0 saturated heterocycles. The summed E-state index contributed by atoms with van der Waals surface area (Å²) in [4.78, 5) is 35.0. The number of halogens is 3. The number of fused-ring (bicyclic) bond motifs is 1. The number of carbonyl (C=O) groups excluding carboxylic acids is 3. The molecule has 1 atom stereocenters. The normalized spacial score (nSPS) is 11.8. The maximum atomic E-state index is 14.3. The van der Waals surface area contributed by atoms with Crippen molar-refractivity contribution in [3.8, 4) is 5.75 Å². The Bertz CT molecular complexity index is 1210. The van der Waals surface area contributed by atoms with Crippen molar-refractivity contribution in [3.05, 3.63) is 63.0 Å². The largest absolute Gasteiger partial charge is 0.483 e. The van der Waals surface area contributed by atoms with Crippen LogP contribution < -0.4 is 10.5 Å². The first-order valence-corrected chi connectivity index (χ1v) is 10.3. The molecule has 0 aliphatic carbocycles. The summed E-state index contributed by atoms with van der Waals surface area (Å²) < 4.78 is 44.5. The van der Waals surface area contributed by atoms with Crippen LogP contribution in [0.3, 0.4) is 0 Å². The minimum atomic E-state index is -1.16. The van der Waals surface area contributed by atoms with E-state index in [9.17, 15) is 23.2 Å². The molecule has 1 aromatic heterocycles. The van der Waals surface area contributed by atoms with E-state index in [1.807, 2.05) is 0 Å². The van der Waals surface area contributed by atoms with E-state index in [0.29, 0.717) is 10.1 Å². The number of nitrogens with two attached hydrogens (primary N) is 1. The smallest absolute Gasteiger partial charge is 0.351 e. The molecule has 0 aliphatic rings. The summed E-state index contributed by atoms with van der Waals surface area (Å²) in [7, 11) is 0. The van der Waals surface area contributed by atoms with Gasteiger partial charge < -0.3 is 19.9 Å². The van der Waals surface area contributed by atoms with Gasteiger partial charge in [0.05, 0.1) is 0 Å². The topological polar surface area (TPSA) is 105 Å². The van der Waals surface area contributed by atoms with Crippen LogP contribution >= 0.6 is 22.9 Å². The Morgan fingerprint density at radius 3 is 2.41 bits per heavy atom. The fourth-order valence-electron chi connectivity index (χ4n) is 2.92. The predicted octanol–water partition coefficient (Wildman–Crippen LogP) is 4.58. The maximum Gasteiger partial charge on any atom is 0.351 e. The minimum Gasteiger partial charge on any atom is -0.483 e. The van der Waals surface area contributed by atoms with E-state index in [0.717, 1.165) is 30.4 Å². The van der Waals surface area contributed by atoms with Crippen LogP contribution in [0.4, 0.5) is 8.78 Å². The molecule has 1 amide bonds. The third-order valence-corrected chi connectivity index (χ3v) is 5.69.